The summed E-state index contributed by atoms with van der Waals surface area (Å²) in [5, 5.41) is 3.23. The Hall–Kier alpha value is -3.23. The summed E-state index contributed by atoms with van der Waals surface area (Å²) in [4.78, 5) is 12.9. The SMILES string of the molecule is CCOc1ccc(CNC(=O)CN(c2cccc(C)c2)S(=O)(=O)c2ccc(Cl)cc2)cc1OCC. The fraction of sp³-hybridized carbons (Fsp3) is 0.269. The van der Waals surface area contributed by atoms with E-state index < -0.39 is 15.9 Å². The van der Waals surface area contributed by atoms with E-state index >= 15 is 0 Å². The molecule has 7 nitrogen and oxygen atoms in total. The van der Waals surface area contributed by atoms with Crippen LogP contribution in [0.1, 0.15) is 25.0 Å². The van der Waals surface area contributed by atoms with Crippen LogP contribution in [0.2, 0.25) is 5.02 Å². The van der Waals surface area contributed by atoms with Crippen molar-refractivity contribution in [1.82, 2.24) is 5.32 Å². The van der Waals surface area contributed by atoms with Crippen molar-refractivity contribution in [3.63, 3.8) is 0 Å². The minimum atomic E-state index is -4.01. The maximum absolute atomic E-state index is 13.5. The summed E-state index contributed by atoms with van der Waals surface area (Å²) < 4.78 is 39.2. The topological polar surface area (TPSA) is 84.9 Å². The molecule has 0 aliphatic carbocycles. The molecule has 0 saturated heterocycles. The van der Waals surface area contributed by atoms with Gasteiger partial charge in [-0.2, -0.15) is 0 Å². The molecule has 0 fully saturated rings. The highest BCUT2D eigenvalue weighted by atomic mass is 35.5. The molecule has 0 aliphatic heterocycles. The number of benzene rings is 3. The summed E-state index contributed by atoms with van der Waals surface area (Å²) in [6.45, 7) is 6.43. The number of hydrogen-bond donors (Lipinski definition) is 1. The molecule has 0 bridgehead atoms. The number of carbonyl (C=O) groups excluding carboxylic acids is 1. The van der Waals surface area contributed by atoms with Gasteiger partial charge in [0.05, 0.1) is 23.8 Å². The van der Waals surface area contributed by atoms with Gasteiger partial charge in [0.1, 0.15) is 6.54 Å². The highest BCUT2D eigenvalue weighted by molar-refractivity contribution is 7.92. The Balaban J connectivity index is 1.81. The van der Waals surface area contributed by atoms with Crippen molar-refractivity contribution in [3.8, 4) is 11.5 Å². The third-order valence-electron chi connectivity index (χ3n) is 5.08. The first-order valence-electron chi connectivity index (χ1n) is 11.2. The van der Waals surface area contributed by atoms with E-state index in [1.54, 1.807) is 30.3 Å². The molecule has 3 aromatic carbocycles. The van der Waals surface area contributed by atoms with Gasteiger partial charge in [0.2, 0.25) is 5.91 Å². The van der Waals surface area contributed by atoms with Crippen LogP contribution in [0.4, 0.5) is 5.69 Å². The third-order valence-corrected chi connectivity index (χ3v) is 7.12. The van der Waals surface area contributed by atoms with Crippen LogP contribution in [0.5, 0.6) is 11.5 Å². The van der Waals surface area contributed by atoms with Crippen molar-refractivity contribution in [1.29, 1.82) is 0 Å². The molecular formula is C26H29ClN2O5S. The average molecular weight is 517 g/mol. The lowest BCUT2D eigenvalue weighted by atomic mass is 10.2. The molecule has 0 heterocycles. The van der Waals surface area contributed by atoms with Gasteiger partial charge in [0.25, 0.3) is 10.0 Å². The lowest BCUT2D eigenvalue weighted by Crippen LogP contribution is -2.40. The first-order chi connectivity index (χ1) is 16.7. The average Bonchev–Trinajstić information content (AvgIpc) is 2.83. The van der Waals surface area contributed by atoms with Crippen LogP contribution in [0.25, 0.3) is 0 Å². The van der Waals surface area contributed by atoms with Crippen LogP contribution in [0.3, 0.4) is 0 Å². The fourth-order valence-corrected chi connectivity index (χ4v) is 4.96. The molecule has 1 N–H and O–H groups in total. The summed E-state index contributed by atoms with van der Waals surface area (Å²) >= 11 is 5.93. The molecule has 0 unspecified atom stereocenters. The minimum Gasteiger partial charge on any atom is -0.490 e. The maximum atomic E-state index is 13.5. The van der Waals surface area contributed by atoms with E-state index in [2.05, 4.69) is 5.32 Å². The Morgan fingerprint density at radius 3 is 2.29 bits per heavy atom. The summed E-state index contributed by atoms with van der Waals surface area (Å²) in [7, 11) is -4.01. The van der Waals surface area contributed by atoms with Crippen LogP contribution in [-0.4, -0.2) is 34.1 Å². The third kappa shape index (κ3) is 6.90. The smallest absolute Gasteiger partial charge is 0.264 e. The van der Waals surface area contributed by atoms with Gasteiger partial charge in [-0.25, -0.2) is 8.42 Å². The highest BCUT2D eigenvalue weighted by Crippen LogP contribution is 2.29. The molecule has 0 spiro atoms. The van der Waals surface area contributed by atoms with E-state index in [1.807, 2.05) is 32.9 Å². The maximum Gasteiger partial charge on any atom is 0.264 e. The number of amides is 1. The number of aryl methyl sites for hydroxylation is 1. The Kier molecular flexibility index (Phi) is 9.01. The molecule has 3 aromatic rings. The summed E-state index contributed by atoms with van der Waals surface area (Å²) in [5.74, 6) is 0.771. The zero-order valence-corrected chi connectivity index (χ0v) is 21.5. The number of hydrogen-bond acceptors (Lipinski definition) is 5. The summed E-state index contributed by atoms with van der Waals surface area (Å²) in [5.41, 5.74) is 2.07. The quantitative estimate of drug-likeness (QED) is 0.389. The number of carbonyl (C=O) groups is 1. The molecule has 0 aliphatic rings. The zero-order chi connectivity index (χ0) is 25.4. The molecule has 0 radical (unpaired) electrons. The second-order valence-electron chi connectivity index (χ2n) is 7.73. The molecule has 186 valence electrons. The number of halogens is 1. The highest BCUT2D eigenvalue weighted by Gasteiger charge is 2.27. The van der Waals surface area contributed by atoms with Gasteiger partial charge in [-0.15, -0.1) is 0 Å². The van der Waals surface area contributed by atoms with Crippen LogP contribution in [-0.2, 0) is 21.4 Å². The Bertz CT molecular complexity index is 1260. The van der Waals surface area contributed by atoms with Gasteiger partial charge in [-0.1, -0.05) is 29.8 Å². The largest absolute Gasteiger partial charge is 0.490 e. The van der Waals surface area contributed by atoms with Crippen molar-refractivity contribution in [2.75, 3.05) is 24.1 Å². The second kappa shape index (κ2) is 12.0. The van der Waals surface area contributed by atoms with E-state index in [-0.39, 0.29) is 18.0 Å². The Morgan fingerprint density at radius 1 is 0.943 bits per heavy atom. The van der Waals surface area contributed by atoms with E-state index in [4.69, 9.17) is 21.1 Å². The van der Waals surface area contributed by atoms with Crippen molar-refractivity contribution >= 4 is 33.2 Å². The van der Waals surface area contributed by atoms with E-state index in [1.165, 1.54) is 24.3 Å². The van der Waals surface area contributed by atoms with Crippen molar-refractivity contribution in [3.05, 3.63) is 82.9 Å². The first kappa shape index (κ1) is 26.4. The molecule has 9 heteroatoms. The molecule has 0 aromatic heterocycles. The van der Waals surface area contributed by atoms with Crippen molar-refractivity contribution in [2.24, 2.45) is 0 Å². The predicted molar refractivity (Wildman–Crippen MR) is 138 cm³/mol. The number of sulfonamides is 1. The van der Waals surface area contributed by atoms with Crippen LogP contribution in [0, 0.1) is 6.92 Å². The fourth-order valence-electron chi connectivity index (χ4n) is 3.42. The number of nitrogens with zero attached hydrogens (tertiary/aromatic N) is 1. The molecule has 35 heavy (non-hydrogen) atoms. The standard InChI is InChI=1S/C26H29ClN2O5S/c1-4-33-24-14-9-20(16-25(24)34-5-2)17-28-26(30)18-29(22-8-6-7-19(3)15-22)35(31,32)23-12-10-21(27)11-13-23/h6-16H,4-5,17-18H2,1-3H3,(H,28,30). The predicted octanol–water partition coefficient (Wildman–Crippen LogP) is 4.96. The monoisotopic (exact) mass is 516 g/mol. The van der Waals surface area contributed by atoms with Gasteiger partial charge in [0, 0.05) is 11.6 Å². The normalized spacial score (nSPS) is 11.1. The molecule has 1 amide bonds. The zero-order valence-electron chi connectivity index (χ0n) is 20.0. The minimum absolute atomic E-state index is 0.0454. The molecule has 3 rings (SSSR count). The molecule has 0 saturated carbocycles. The van der Waals surface area contributed by atoms with Crippen LogP contribution < -0.4 is 19.1 Å². The van der Waals surface area contributed by atoms with Crippen LogP contribution >= 0.6 is 11.6 Å². The molecule has 0 atom stereocenters. The van der Waals surface area contributed by atoms with Crippen molar-refractivity contribution < 1.29 is 22.7 Å². The van der Waals surface area contributed by atoms with Crippen LogP contribution in [0.15, 0.2) is 71.6 Å². The van der Waals surface area contributed by atoms with Crippen molar-refractivity contribution in [2.45, 2.75) is 32.2 Å². The second-order valence-corrected chi connectivity index (χ2v) is 10.0. The Labute approximate surface area is 211 Å². The van der Waals surface area contributed by atoms with Gasteiger partial charge in [-0.05, 0) is 80.4 Å². The van der Waals surface area contributed by atoms with E-state index in [0.29, 0.717) is 35.4 Å². The number of nitrogens with one attached hydrogen (secondary N) is 1. The summed E-state index contributed by atoms with van der Waals surface area (Å²) in [6.07, 6.45) is 0. The Morgan fingerprint density at radius 2 is 1.63 bits per heavy atom. The first-order valence-corrected chi connectivity index (χ1v) is 13.1. The van der Waals surface area contributed by atoms with E-state index in [9.17, 15) is 13.2 Å². The lowest BCUT2D eigenvalue weighted by molar-refractivity contribution is -0.119. The van der Waals surface area contributed by atoms with Gasteiger partial charge in [-0.3, -0.25) is 9.10 Å². The van der Waals surface area contributed by atoms with E-state index in [0.717, 1.165) is 15.4 Å². The van der Waals surface area contributed by atoms with Gasteiger partial charge in [0.15, 0.2) is 11.5 Å². The van der Waals surface area contributed by atoms with Gasteiger partial charge < -0.3 is 14.8 Å². The number of ether oxygens (including phenoxy) is 2. The number of anilines is 1. The lowest BCUT2D eigenvalue weighted by Gasteiger charge is -2.24. The number of rotatable bonds is 11. The molecular weight excluding hydrogens is 488 g/mol. The summed E-state index contributed by atoms with van der Waals surface area (Å²) in [6, 6.07) is 18.3. The van der Waals surface area contributed by atoms with Gasteiger partial charge >= 0.3 is 0 Å².